The molecule has 0 aliphatic rings. The summed E-state index contributed by atoms with van der Waals surface area (Å²) >= 11 is 1.62. The average molecular weight is 327 g/mol. The minimum atomic E-state index is -0.370. The van der Waals surface area contributed by atoms with Crippen molar-refractivity contribution in [1.82, 2.24) is 0 Å². The molecule has 3 rings (SSSR count). The molecule has 3 aromatic rings. The van der Waals surface area contributed by atoms with Gasteiger partial charge in [-0.2, -0.15) is 11.3 Å². The molecule has 0 radical (unpaired) electrons. The van der Waals surface area contributed by atoms with Crippen molar-refractivity contribution in [2.75, 3.05) is 5.32 Å². The monoisotopic (exact) mass is 327 g/mol. The third-order valence-corrected chi connectivity index (χ3v) is 3.92. The fraction of sp³-hybridized carbons (Fsp3) is 0.0556. The van der Waals surface area contributed by atoms with E-state index in [0.717, 1.165) is 5.56 Å². The molecule has 1 N–H and O–H groups in total. The Labute approximate surface area is 137 Å². The van der Waals surface area contributed by atoms with Crippen LogP contribution in [0.4, 0.5) is 10.1 Å². The predicted molar refractivity (Wildman–Crippen MR) is 89.4 cm³/mol. The number of benzene rings is 2. The van der Waals surface area contributed by atoms with Crippen LogP contribution in [-0.4, -0.2) is 5.91 Å². The Morgan fingerprint density at radius 1 is 1.13 bits per heavy atom. The Bertz CT molecular complexity index is 785. The second-order valence-electron chi connectivity index (χ2n) is 4.91. The lowest BCUT2D eigenvalue weighted by Crippen LogP contribution is -2.11. The number of ether oxygens (including phenoxy) is 1. The average Bonchev–Trinajstić information content (AvgIpc) is 3.07. The summed E-state index contributed by atoms with van der Waals surface area (Å²) in [7, 11) is 0. The van der Waals surface area contributed by atoms with Gasteiger partial charge in [0.1, 0.15) is 18.2 Å². The summed E-state index contributed by atoms with van der Waals surface area (Å²) in [4.78, 5) is 12.1. The van der Waals surface area contributed by atoms with Crippen LogP contribution < -0.4 is 10.1 Å². The second-order valence-corrected chi connectivity index (χ2v) is 5.69. The van der Waals surface area contributed by atoms with E-state index < -0.39 is 0 Å². The molecule has 1 heterocycles. The lowest BCUT2D eigenvalue weighted by atomic mass is 10.2. The maximum atomic E-state index is 12.9. The maximum absolute atomic E-state index is 12.9. The number of amides is 1. The van der Waals surface area contributed by atoms with Gasteiger partial charge in [-0.3, -0.25) is 4.79 Å². The number of rotatable bonds is 5. The normalized spacial score (nSPS) is 10.3. The van der Waals surface area contributed by atoms with Crippen molar-refractivity contribution in [3.63, 3.8) is 0 Å². The van der Waals surface area contributed by atoms with Crippen molar-refractivity contribution in [2.45, 2.75) is 6.61 Å². The highest BCUT2D eigenvalue weighted by atomic mass is 32.1. The first kappa shape index (κ1) is 15.2. The Morgan fingerprint density at radius 3 is 2.70 bits per heavy atom. The summed E-state index contributed by atoms with van der Waals surface area (Å²) in [6.07, 6.45) is 0. The van der Waals surface area contributed by atoms with Crippen molar-refractivity contribution >= 4 is 22.9 Å². The Balaban J connectivity index is 1.65. The summed E-state index contributed by atoms with van der Waals surface area (Å²) in [6.45, 7) is 0.485. The van der Waals surface area contributed by atoms with Gasteiger partial charge in [0, 0.05) is 17.3 Å². The summed E-state index contributed by atoms with van der Waals surface area (Å²) in [5.74, 6) is 0.0125. The predicted octanol–water partition coefficient (Wildman–Crippen LogP) is 4.72. The first-order valence-corrected chi connectivity index (χ1v) is 7.96. The van der Waals surface area contributed by atoms with Crippen LogP contribution in [0.1, 0.15) is 15.9 Å². The zero-order chi connectivity index (χ0) is 16.1. The van der Waals surface area contributed by atoms with Crippen molar-refractivity contribution < 1.29 is 13.9 Å². The molecule has 0 unspecified atom stereocenters. The van der Waals surface area contributed by atoms with Gasteiger partial charge in [-0.1, -0.05) is 6.07 Å². The van der Waals surface area contributed by atoms with E-state index >= 15 is 0 Å². The molecule has 0 aliphatic carbocycles. The first-order valence-electron chi connectivity index (χ1n) is 7.01. The molecule has 0 atom stereocenters. The number of carbonyl (C=O) groups excluding carboxylic acids is 1. The van der Waals surface area contributed by atoms with Gasteiger partial charge in [-0.05, 0) is 58.8 Å². The summed E-state index contributed by atoms with van der Waals surface area (Å²) in [6, 6.07) is 14.6. The van der Waals surface area contributed by atoms with E-state index in [-0.39, 0.29) is 11.7 Å². The van der Waals surface area contributed by atoms with Crippen molar-refractivity contribution in [3.8, 4) is 5.75 Å². The lowest BCUT2D eigenvalue weighted by molar-refractivity contribution is 0.102. The van der Waals surface area contributed by atoms with E-state index in [0.29, 0.717) is 23.6 Å². The van der Waals surface area contributed by atoms with Crippen LogP contribution in [-0.2, 0) is 6.61 Å². The fourth-order valence-corrected chi connectivity index (χ4v) is 2.66. The third kappa shape index (κ3) is 4.17. The second kappa shape index (κ2) is 7.07. The summed E-state index contributed by atoms with van der Waals surface area (Å²) < 4.78 is 18.6. The molecule has 2 aromatic carbocycles. The SMILES string of the molecule is O=C(Nc1cccc(OCc2ccsc2)c1)c1ccc(F)cc1. The topological polar surface area (TPSA) is 38.3 Å². The van der Waals surface area contributed by atoms with E-state index in [9.17, 15) is 9.18 Å². The Hall–Kier alpha value is -2.66. The van der Waals surface area contributed by atoms with E-state index in [2.05, 4.69) is 5.32 Å². The van der Waals surface area contributed by atoms with Crippen LogP contribution in [0, 0.1) is 5.82 Å². The van der Waals surface area contributed by atoms with Gasteiger partial charge in [-0.15, -0.1) is 0 Å². The van der Waals surface area contributed by atoms with Gasteiger partial charge in [0.2, 0.25) is 0 Å². The van der Waals surface area contributed by atoms with Crippen LogP contribution in [0.2, 0.25) is 0 Å². The number of halogens is 1. The van der Waals surface area contributed by atoms with Crippen LogP contribution in [0.3, 0.4) is 0 Å². The van der Waals surface area contributed by atoms with Crippen molar-refractivity contribution in [1.29, 1.82) is 0 Å². The minimum absolute atomic E-state index is 0.292. The highest BCUT2D eigenvalue weighted by molar-refractivity contribution is 7.07. The number of carbonyl (C=O) groups is 1. The standard InChI is InChI=1S/C18H14FNO2S/c19-15-6-4-14(5-7-15)18(21)20-16-2-1-3-17(10-16)22-11-13-8-9-23-12-13/h1-10,12H,11H2,(H,20,21). The highest BCUT2D eigenvalue weighted by Crippen LogP contribution is 2.20. The van der Waals surface area contributed by atoms with Crippen molar-refractivity contribution in [3.05, 3.63) is 82.3 Å². The van der Waals surface area contributed by atoms with Gasteiger partial charge >= 0.3 is 0 Å². The molecular weight excluding hydrogens is 313 g/mol. The molecular formula is C18H14FNO2S. The molecule has 1 amide bonds. The zero-order valence-corrected chi connectivity index (χ0v) is 13.0. The van der Waals surface area contributed by atoms with E-state index in [1.165, 1.54) is 24.3 Å². The number of nitrogens with one attached hydrogen (secondary N) is 1. The molecule has 0 bridgehead atoms. The molecule has 0 saturated carbocycles. The Kier molecular flexibility index (Phi) is 4.68. The van der Waals surface area contributed by atoms with E-state index in [1.807, 2.05) is 29.0 Å². The van der Waals surface area contributed by atoms with Gasteiger partial charge in [0.05, 0.1) is 0 Å². The lowest BCUT2D eigenvalue weighted by Gasteiger charge is -2.09. The van der Waals surface area contributed by atoms with Crippen molar-refractivity contribution in [2.24, 2.45) is 0 Å². The molecule has 0 fully saturated rings. The van der Waals surface area contributed by atoms with Crippen LogP contribution in [0.25, 0.3) is 0 Å². The minimum Gasteiger partial charge on any atom is -0.489 e. The number of hydrogen-bond donors (Lipinski definition) is 1. The number of hydrogen-bond acceptors (Lipinski definition) is 3. The van der Waals surface area contributed by atoms with Crippen LogP contribution in [0.5, 0.6) is 5.75 Å². The summed E-state index contributed by atoms with van der Waals surface area (Å²) in [5, 5.41) is 6.80. The van der Waals surface area contributed by atoms with Gasteiger partial charge in [-0.25, -0.2) is 4.39 Å². The fourth-order valence-electron chi connectivity index (χ4n) is 2.01. The molecule has 0 aliphatic heterocycles. The number of thiophene rings is 1. The quantitative estimate of drug-likeness (QED) is 0.736. The molecule has 1 aromatic heterocycles. The highest BCUT2D eigenvalue weighted by Gasteiger charge is 2.07. The molecule has 3 nitrogen and oxygen atoms in total. The van der Waals surface area contributed by atoms with E-state index in [4.69, 9.17) is 4.74 Å². The Morgan fingerprint density at radius 2 is 1.96 bits per heavy atom. The van der Waals surface area contributed by atoms with Gasteiger partial charge in [0.25, 0.3) is 5.91 Å². The van der Waals surface area contributed by atoms with Crippen LogP contribution in [0.15, 0.2) is 65.4 Å². The van der Waals surface area contributed by atoms with Gasteiger partial charge in [0.15, 0.2) is 0 Å². The smallest absolute Gasteiger partial charge is 0.255 e. The molecule has 116 valence electrons. The molecule has 0 saturated heterocycles. The maximum Gasteiger partial charge on any atom is 0.255 e. The molecule has 23 heavy (non-hydrogen) atoms. The van der Waals surface area contributed by atoms with Gasteiger partial charge < -0.3 is 10.1 Å². The van der Waals surface area contributed by atoms with E-state index in [1.54, 1.807) is 23.5 Å². The zero-order valence-electron chi connectivity index (χ0n) is 12.2. The third-order valence-electron chi connectivity index (χ3n) is 3.18. The molecule has 5 heteroatoms. The van der Waals surface area contributed by atoms with Crippen LogP contribution >= 0.6 is 11.3 Å². The first-order chi connectivity index (χ1) is 11.2. The molecule has 0 spiro atoms. The number of anilines is 1. The largest absolute Gasteiger partial charge is 0.489 e. The summed E-state index contributed by atoms with van der Waals surface area (Å²) in [5.41, 5.74) is 2.13.